The van der Waals surface area contributed by atoms with Crippen LogP contribution in [0.2, 0.25) is 0 Å². The molecule has 0 radical (unpaired) electrons. The van der Waals surface area contributed by atoms with Crippen molar-refractivity contribution in [3.05, 3.63) is 70.8 Å². The van der Waals surface area contributed by atoms with E-state index in [1.165, 1.54) is 8.61 Å². The van der Waals surface area contributed by atoms with Crippen LogP contribution < -0.4 is 5.73 Å². The minimum Gasteiger partial charge on any atom is -0.366 e. The quantitative estimate of drug-likeness (QED) is 0.540. The fourth-order valence-electron chi connectivity index (χ4n) is 5.53. The summed E-state index contributed by atoms with van der Waals surface area (Å²) in [5.41, 5.74) is 8.59. The zero-order chi connectivity index (χ0) is 25.2. The summed E-state index contributed by atoms with van der Waals surface area (Å²) in [6, 6.07) is 15.4. The molecule has 0 saturated carbocycles. The van der Waals surface area contributed by atoms with Gasteiger partial charge in [0.25, 0.3) is 10.2 Å². The highest BCUT2D eigenvalue weighted by Gasteiger charge is 2.41. The van der Waals surface area contributed by atoms with Crippen LogP contribution in [0.25, 0.3) is 0 Å². The van der Waals surface area contributed by atoms with Crippen LogP contribution in [0.4, 0.5) is 4.39 Å². The van der Waals surface area contributed by atoms with E-state index in [9.17, 15) is 17.6 Å². The lowest BCUT2D eigenvalue weighted by Gasteiger charge is -2.40. The summed E-state index contributed by atoms with van der Waals surface area (Å²) >= 11 is 0. The topological polar surface area (TPSA) is 87.0 Å². The molecular formula is C26H35FN4O3S. The predicted molar refractivity (Wildman–Crippen MR) is 135 cm³/mol. The number of fused-ring (bicyclic) bond motifs is 2. The van der Waals surface area contributed by atoms with Crippen LogP contribution in [0.3, 0.4) is 0 Å². The fraction of sp³-hybridized carbons (Fsp3) is 0.500. The van der Waals surface area contributed by atoms with Crippen LogP contribution in [0.15, 0.2) is 48.5 Å². The Morgan fingerprint density at radius 2 is 1.69 bits per heavy atom. The Morgan fingerprint density at radius 1 is 1.06 bits per heavy atom. The minimum atomic E-state index is -3.61. The number of alkyl halides is 1. The zero-order valence-corrected chi connectivity index (χ0v) is 21.3. The first-order valence-electron chi connectivity index (χ1n) is 12.2. The molecule has 7 nitrogen and oxygen atoms in total. The van der Waals surface area contributed by atoms with Gasteiger partial charge in [0.1, 0.15) is 6.67 Å². The van der Waals surface area contributed by atoms with Crippen molar-refractivity contribution >= 4 is 16.1 Å². The van der Waals surface area contributed by atoms with Crippen molar-refractivity contribution < 1.29 is 17.6 Å². The third-order valence-corrected chi connectivity index (χ3v) is 9.35. The Kier molecular flexibility index (Phi) is 7.90. The maximum absolute atomic E-state index is 13.1. The molecule has 2 aromatic rings. The second kappa shape index (κ2) is 10.7. The van der Waals surface area contributed by atoms with Gasteiger partial charge in [0, 0.05) is 51.4 Å². The molecule has 2 bridgehead atoms. The summed E-state index contributed by atoms with van der Waals surface area (Å²) in [6.07, 6.45) is 4.18. The van der Waals surface area contributed by atoms with E-state index in [1.807, 2.05) is 12.1 Å². The molecule has 2 saturated heterocycles. The molecule has 3 atom stereocenters. The maximum atomic E-state index is 13.1. The minimum absolute atomic E-state index is 0.249. The Labute approximate surface area is 207 Å². The van der Waals surface area contributed by atoms with Gasteiger partial charge in [0.15, 0.2) is 0 Å². The largest absolute Gasteiger partial charge is 0.366 e. The molecule has 2 aliphatic heterocycles. The van der Waals surface area contributed by atoms with Crippen molar-refractivity contribution in [2.45, 2.75) is 56.9 Å². The highest BCUT2D eigenvalue weighted by Crippen LogP contribution is 2.43. The SMILES string of the molecule is CN(C)S(=O)(=O)N(CCN1[C@@H]2CC[C@H]1CC(c1cccc(C(N)=O)c1)C2)Cc1ccc(CF)cc1. The van der Waals surface area contributed by atoms with E-state index in [-0.39, 0.29) is 6.54 Å². The van der Waals surface area contributed by atoms with E-state index in [0.29, 0.717) is 42.2 Å². The van der Waals surface area contributed by atoms with Crippen molar-refractivity contribution in [2.24, 2.45) is 5.73 Å². The maximum Gasteiger partial charge on any atom is 0.281 e. The van der Waals surface area contributed by atoms with E-state index < -0.39 is 22.8 Å². The summed E-state index contributed by atoms with van der Waals surface area (Å²) < 4.78 is 41.8. The van der Waals surface area contributed by atoms with Gasteiger partial charge in [-0.3, -0.25) is 9.69 Å². The fourth-order valence-corrected chi connectivity index (χ4v) is 6.62. The number of nitrogens with zero attached hydrogens (tertiary/aromatic N) is 3. The molecule has 2 aromatic carbocycles. The molecule has 0 aliphatic carbocycles. The van der Waals surface area contributed by atoms with Gasteiger partial charge in [-0.2, -0.15) is 17.0 Å². The van der Waals surface area contributed by atoms with Gasteiger partial charge in [0.2, 0.25) is 5.91 Å². The number of halogens is 1. The van der Waals surface area contributed by atoms with Crippen LogP contribution in [-0.2, 0) is 23.4 Å². The summed E-state index contributed by atoms with van der Waals surface area (Å²) in [6.45, 7) is 0.767. The molecule has 1 amide bonds. The highest BCUT2D eigenvalue weighted by atomic mass is 32.2. The lowest BCUT2D eigenvalue weighted by Crippen LogP contribution is -2.48. The number of rotatable bonds is 10. The molecule has 190 valence electrons. The summed E-state index contributed by atoms with van der Waals surface area (Å²) in [5, 5.41) is 0. The molecule has 4 rings (SSSR count). The second-order valence-electron chi connectivity index (χ2n) is 9.85. The standard InChI is InChI=1S/C26H35FN4O3S/c1-29(2)35(33,34)30(18-20-8-6-19(17-27)7-9-20)12-13-31-24-10-11-25(31)16-23(15-24)21-4-3-5-22(14-21)26(28)32/h3-9,14,23-25H,10-13,15-18H2,1-2H3,(H2,28,32)/t23?,24-,25+. The van der Waals surface area contributed by atoms with Crippen LogP contribution in [-0.4, -0.2) is 67.1 Å². The first-order valence-corrected chi connectivity index (χ1v) is 13.6. The van der Waals surface area contributed by atoms with Crippen molar-refractivity contribution in [1.82, 2.24) is 13.5 Å². The highest BCUT2D eigenvalue weighted by molar-refractivity contribution is 7.86. The van der Waals surface area contributed by atoms with Crippen molar-refractivity contribution in [1.29, 1.82) is 0 Å². The van der Waals surface area contributed by atoms with Gasteiger partial charge >= 0.3 is 0 Å². The Balaban J connectivity index is 1.44. The molecule has 2 heterocycles. The monoisotopic (exact) mass is 502 g/mol. The molecule has 2 fully saturated rings. The number of carbonyl (C=O) groups is 1. The number of nitrogens with two attached hydrogens (primary N) is 1. The molecule has 0 spiro atoms. The first kappa shape index (κ1) is 25.8. The van der Waals surface area contributed by atoms with Crippen LogP contribution in [0.1, 0.15) is 58.6 Å². The van der Waals surface area contributed by atoms with Gasteiger partial charge in [-0.05, 0) is 60.4 Å². The van der Waals surface area contributed by atoms with Crippen LogP contribution in [0.5, 0.6) is 0 Å². The second-order valence-corrected chi connectivity index (χ2v) is 12.0. The summed E-state index contributed by atoms with van der Waals surface area (Å²) in [7, 11) is -0.522. The van der Waals surface area contributed by atoms with Crippen molar-refractivity contribution in [3.63, 3.8) is 0 Å². The molecule has 2 N–H and O–H groups in total. The van der Waals surface area contributed by atoms with Gasteiger partial charge < -0.3 is 5.73 Å². The number of amides is 1. The molecular weight excluding hydrogens is 467 g/mol. The first-order chi connectivity index (χ1) is 16.7. The van der Waals surface area contributed by atoms with Gasteiger partial charge in [-0.1, -0.05) is 36.4 Å². The third kappa shape index (κ3) is 5.74. The smallest absolute Gasteiger partial charge is 0.281 e. The van der Waals surface area contributed by atoms with E-state index in [4.69, 9.17) is 5.73 Å². The van der Waals surface area contributed by atoms with E-state index in [2.05, 4.69) is 11.0 Å². The van der Waals surface area contributed by atoms with Gasteiger partial charge in [0.05, 0.1) is 0 Å². The normalized spacial score (nSPS) is 22.7. The Morgan fingerprint density at radius 3 is 2.26 bits per heavy atom. The number of carbonyl (C=O) groups excluding carboxylic acids is 1. The summed E-state index contributed by atoms with van der Waals surface area (Å²) in [4.78, 5) is 14.1. The predicted octanol–water partition coefficient (Wildman–Crippen LogP) is 3.27. The average molecular weight is 503 g/mol. The Hall–Kier alpha value is -2.33. The zero-order valence-electron chi connectivity index (χ0n) is 20.4. The third-order valence-electron chi connectivity index (χ3n) is 7.46. The number of hydrogen-bond acceptors (Lipinski definition) is 4. The van der Waals surface area contributed by atoms with E-state index in [1.54, 1.807) is 44.4 Å². The Bertz CT molecular complexity index is 1130. The molecule has 2 aliphatic rings. The lowest BCUT2D eigenvalue weighted by atomic mass is 9.84. The lowest BCUT2D eigenvalue weighted by molar-refractivity contribution is 0.0999. The van der Waals surface area contributed by atoms with E-state index in [0.717, 1.165) is 36.8 Å². The van der Waals surface area contributed by atoms with Crippen molar-refractivity contribution in [3.8, 4) is 0 Å². The molecule has 9 heteroatoms. The summed E-state index contributed by atoms with van der Waals surface area (Å²) in [5.74, 6) is -0.0348. The van der Waals surface area contributed by atoms with E-state index >= 15 is 0 Å². The number of primary amides is 1. The average Bonchev–Trinajstić information content (AvgIpc) is 3.08. The number of benzene rings is 2. The molecule has 0 aromatic heterocycles. The molecule has 1 unspecified atom stereocenters. The molecule has 35 heavy (non-hydrogen) atoms. The number of piperidine rings is 1. The van der Waals surface area contributed by atoms with Crippen molar-refractivity contribution in [2.75, 3.05) is 27.2 Å². The van der Waals surface area contributed by atoms with Gasteiger partial charge in [-0.15, -0.1) is 0 Å². The van der Waals surface area contributed by atoms with Crippen LogP contribution >= 0.6 is 0 Å². The van der Waals surface area contributed by atoms with Crippen LogP contribution in [0, 0.1) is 0 Å². The number of hydrogen-bond donors (Lipinski definition) is 1. The van der Waals surface area contributed by atoms with Gasteiger partial charge in [-0.25, -0.2) is 4.39 Å².